The molecule has 1 unspecified atom stereocenters. The van der Waals surface area contributed by atoms with E-state index in [1.165, 1.54) is 20.1 Å². The quantitative estimate of drug-likeness (QED) is 0.361. The largest absolute Gasteiger partial charge is 0.511 e. The van der Waals surface area contributed by atoms with Crippen molar-refractivity contribution in [3.63, 3.8) is 0 Å². The molecule has 0 bridgehead atoms. The number of anilines is 2. The van der Waals surface area contributed by atoms with Gasteiger partial charge in [-0.25, -0.2) is 9.78 Å². The second-order valence-electron chi connectivity index (χ2n) is 5.80. The first-order valence-corrected chi connectivity index (χ1v) is 8.55. The summed E-state index contributed by atoms with van der Waals surface area (Å²) < 4.78 is 14.8. The van der Waals surface area contributed by atoms with Gasteiger partial charge in [0.05, 0.1) is 13.2 Å². The third kappa shape index (κ3) is 6.43. The lowest BCUT2D eigenvalue weighted by Gasteiger charge is -2.15. The summed E-state index contributed by atoms with van der Waals surface area (Å²) >= 11 is 0. The molecule has 0 saturated heterocycles. The Morgan fingerprint density at radius 1 is 1.10 bits per heavy atom. The number of hydrogen-bond acceptors (Lipinski definition) is 10. The van der Waals surface area contributed by atoms with E-state index in [1.54, 1.807) is 37.3 Å². The minimum absolute atomic E-state index is 0.0667. The van der Waals surface area contributed by atoms with Gasteiger partial charge in [-0.05, 0) is 31.2 Å². The van der Waals surface area contributed by atoms with Crippen LogP contribution in [-0.4, -0.2) is 36.5 Å². The summed E-state index contributed by atoms with van der Waals surface area (Å²) in [5.74, 6) is 0.263. The van der Waals surface area contributed by atoms with Gasteiger partial charge in [-0.1, -0.05) is 12.1 Å². The van der Waals surface area contributed by atoms with Crippen LogP contribution in [-0.2, 0) is 14.3 Å². The number of amides is 1. The number of carbonyl (C=O) groups is 2. The SMILES string of the molecule is COC(=O)OC(C)Oc1ccccc1/N=N/c1ccc(NC(=O)[C@H](C)N)nc1N. The average molecular weight is 402 g/mol. The molecule has 154 valence electrons. The van der Waals surface area contributed by atoms with Gasteiger partial charge < -0.3 is 31.0 Å². The molecule has 1 aromatic heterocycles. The topological polar surface area (TPSA) is 164 Å². The second-order valence-corrected chi connectivity index (χ2v) is 5.80. The fourth-order valence-electron chi connectivity index (χ4n) is 2.00. The minimum Gasteiger partial charge on any atom is -0.453 e. The van der Waals surface area contributed by atoms with Crippen molar-refractivity contribution in [2.75, 3.05) is 18.2 Å². The third-order valence-corrected chi connectivity index (χ3v) is 3.42. The molecule has 2 aromatic rings. The van der Waals surface area contributed by atoms with E-state index in [9.17, 15) is 9.59 Å². The molecule has 29 heavy (non-hydrogen) atoms. The van der Waals surface area contributed by atoms with Gasteiger partial charge in [0, 0.05) is 6.92 Å². The van der Waals surface area contributed by atoms with Crippen molar-refractivity contribution in [3.05, 3.63) is 36.4 Å². The number of hydrogen-bond donors (Lipinski definition) is 3. The van der Waals surface area contributed by atoms with Crippen LogP contribution < -0.4 is 21.5 Å². The molecule has 0 fully saturated rings. The van der Waals surface area contributed by atoms with Gasteiger partial charge in [0.25, 0.3) is 0 Å². The fraction of sp³-hybridized carbons (Fsp3) is 0.278. The van der Waals surface area contributed by atoms with E-state index in [-0.39, 0.29) is 23.2 Å². The van der Waals surface area contributed by atoms with Crippen molar-refractivity contribution < 1.29 is 23.8 Å². The van der Waals surface area contributed by atoms with E-state index in [0.717, 1.165) is 0 Å². The maximum atomic E-state index is 11.6. The summed E-state index contributed by atoms with van der Waals surface area (Å²) in [6.45, 7) is 3.08. The summed E-state index contributed by atoms with van der Waals surface area (Å²) in [5, 5.41) is 10.7. The highest BCUT2D eigenvalue weighted by molar-refractivity contribution is 5.93. The Hall–Kier alpha value is -3.73. The number of azo groups is 1. The van der Waals surface area contributed by atoms with Crippen LogP contribution in [0.25, 0.3) is 0 Å². The van der Waals surface area contributed by atoms with Gasteiger partial charge in [-0.2, -0.15) is 0 Å². The molecular formula is C18H22N6O5. The Bertz CT molecular complexity index is 902. The molecule has 0 radical (unpaired) electrons. The van der Waals surface area contributed by atoms with Crippen LogP contribution in [0, 0.1) is 0 Å². The number of pyridine rings is 1. The number of carbonyl (C=O) groups excluding carboxylic acids is 2. The molecule has 1 amide bonds. The van der Waals surface area contributed by atoms with Gasteiger partial charge in [0.15, 0.2) is 11.6 Å². The van der Waals surface area contributed by atoms with Gasteiger partial charge in [-0.15, -0.1) is 10.2 Å². The maximum absolute atomic E-state index is 11.6. The van der Waals surface area contributed by atoms with Crippen molar-refractivity contribution in [1.82, 2.24) is 4.98 Å². The van der Waals surface area contributed by atoms with Crippen LogP contribution in [0.2, 0.25) is 0 Å². The molecule has 0 aliphatic heterocycles. The molecule has 11 nitrogen and oxygen atoms in total. The lowest BCUT2D eigenvalue weighted by Crippen LogP contribution is -2.32. The summed E-state index contributed by atoms with van der Waals surface area (Å²) in [4.78, 5) is 26.8. The van der Waals surface area contributed by atoms with Crippen LogP contribution in [0.3, 0.4) is 0 Å². The smallest absolute Gasteiger partial charge is 0.453 e. The molecule has 0 saturated carbocycles. The molecule has 0 aliphatic carbocycles. The van der Waals surface area contributed by atoms with Crippen LogP contribution in [0.5, 0.6) is 5.75 Å². The lowest BCUT2D eigenvalue weighted by atomic mass is 10.3. The van der Waals surface area contributed by atoms with E-state index in [0.29, 0.717) is 11.4 Å². The Morgan fingerprint density at radius 2 is 1.79 bits per heavy atom. The number of ether oxygens (including phenoxy) is 3. The lowest BCUT2D eigenvalue weighted by molar-refractivity contribution is -0.117. The molecular weight excluding hydrogens is 380 g/mol. The third-order valence-electron chi connectivity index (χ3n) is 3.42. The molecule has 2 rings (SSSR count). The molecule has 1 aromatic carbocycles. The zero-order valence-corrected chi connectivity index (χ0v) is 16.2. The van der Waals surface area contributed by atoms with Crippen LogP contribution in [0.1, 0.15) is 13.8 Å². The number of nitrogens with two attached hydrogens (primary N) is 2. The van der Waals surface area contributed by atoms with Crippen molar-refractivity contribution in [2.24, 2.45) is 16.0 Å². The van der Waals surface area contributed by atoms with Crippen molar-refractivity contribution in [1.29, 1.82) is 0 Å². The number of nitrogens with one attached hydrogen (secondary N) is 1. The fourth-order valence-corrected chi connectivity index (χ4v) is 2.00. The summed E-state index contributed by atoms with van der Waals surface area (Å²) in [6.07, 6.45) is -1.77. The standard InChI is InChI=1S/C18H22N6O5/c1-10(19)17(25)22-15-9-8-13(16(20)21-15)24-23-12-6-4-5-7-14(12)28-11(2)29-18(26)27-3/h4-11H,19H2,1-3H3,(H3,20,21,22,25)/b24-23+/t10-,11?/m0/s1. The molecule has 0 aliphatic rings. The van der Waals surface area contributed by atoms with Gasteiger partial charge in [0.2, 0.25) is 12.2 Å². The second kappa shape index (κ2) is 9.99. The van der Waals surface area contributed by atoms with Crippen LogP contribution in [0.15, 0.2) is 46.6 Å². The zero-order valence-electron chi connectivity index (χ0n) is 16.2. The van der Waals surface area contributed by atoms with Crippen molar-refractivity contribution in [2.45, 2.75) is 26.2 Å². The predicted octanol–water partition coefficient (Wildman–Crippen LogP) is 2.87. The number of aromatic nitrogens is 1. The number of nitrogen functional groups attached to an aromatic ring is 1. The van der Waals surface area contributed by atoms with Gasteiger partial charge in [-0.3, -0.25) is 4.79 Å². The first-order valence-electron chi connectivity index (χ1n) is 8.55. The Labute approximate surface area is 167 Å². The normalized spacial score (nSPS) is 12.8. The van der Waals surface area contributed by atoms with Crippen LogP contribution >= 0.6 is 0 Å². The van der Waals surface area contributed by atoms with Crippen molar-refractivity contribution >= 4 is 35.1 Å². The highest BCUT2D eigenvalue weighted by Crippen LogP contribution is 2.31. The highest BCUT2D eigenvalue weighted by atomic mass is 16.8. The molecule has 1 heterocycles. The summed E-state index contributed by atoms with van der Waals surface area (Å²) in [5.41, 5.74) is 12.0. The predicted molar refractivity (Wildman–Crippen MR) is 105 cm³/mol. The molecule has 11 heteroatoms. The number of benzene rings is 1. The molecule has 5 N–H and O–H groups in total. The monoisotopic (exact) mass is 402 g/mol. The summed E-state index contributed by atoms with van der Waals surface area (Å²) in [7, 11) is 1.20. The molecule has 2 atom stereocenters. The zero-order chi connectivity index (χ0) is 21.4. The number of para-hydroxylation sites is 1. The van der Waals surface area contributed by atoms with E-state index >= 15 is 0 Å². The average Bonchev–Trinajstić information content (AvgIpc) is 2.68. The Kier molecular flexibility index (Phi) is 7.43. The van der Waals surface area contributed by atoms with Gasteiger partial charge >= 0.3 is 6.16 Å². The van der Waals surface area contributed by atoms with Crippen molar-refractivity contribution in [3.8, 4) is 5.75 Å². The number of nitrogens with zero attached hydrogens (tertiary/aromatic N) is 3. The van der Waals surface area contributed by atoms with E-state index < -0.39 is 18.5 Å². The first-order chi connectivity index (χ1) is 13.8. The van der Waals surface area contributed by atoms with E-state index in [4.69, 9.17) is 20.9 Å². The number of methoxy groups -OCH3 is 1. The Balaban J connectivity index is 2.13. The highest BCUT2D eigenvalue weighted by Gasteiger charge is 2.13. The minimum atomic E-state index is -0.904. The van der Waals surface area contributed by atoms with Crippen LogP contribution in [0.4, 0.5) is 27.8 Å². The summed E-state index contributed by atoms with van der Waals surface area (Å²) in [6, 6.07) is 9.16. The van der Waals surface area contributed by atoms with Gasteiger partial charge in [0.1, 0.15) is 17.2 Å². The van der Waals surface area contributed by atoms with E-state index in [2.05, 4.69) is 25.3 Å². The molecule has 0 spiro atoms. The van der Waals surface area contributed by atoms with E-state index in [1.807, 2.05) is 0 Å². The maximum Gasteiger partial charge on any atom is 0.511 e. The number of rotatable bonds is 7. The first kappa shape index (κ1) is 21.6. The Morgan fingerprint density at radius 3 is 2.45 bits per heavy atom.